The third-order valence-electron chi connectivity index (χ3n) is 3.41. The highest BCUT2D eigenvalue weighted by atomic mass is 35.5. The van der Waals surface area contributed by atoms with Crippen molar-refractivity contribution in [1.82, 2.24) is 9.97 Å². The summed E-state index contributed by atoms with van der Waals surface area (Å²) in [5, 5.41) is 10.9. The number of nitrogens with zero attached hydrogens (tertiary/aromatic N) is 4. The molecule has 2 aromatic heterocycles. The first-order valence-electron chi connectivity index (χ1n) is 6.44. The fraction of sp³-hybridized carbons (Fsp3) is 0.214. The van der Waals surface area contributed by atoms with Crippen LogP contribution in [0.2, 0.25) is 5.15 Å². The monoisotopic (exact) mass is 304 g/mol. The number of hydrogen-bond acceptors (Lipinski definition) is 5. The van der Waals surface area contributed by atoms with Gasteiger partial charge in [0, 0.05) is 6.20 Å². The summed E-state index contributed by atoms with van der Waals surface area (Å²) in [7, 11) is 0. The molecule has 0 aliphatic carbocycles. The molecule has 0 spiro atoms. The quantitative estimate of drug-likeness (QED) is 0.681. The number of fused-ring (bicyclic) bond motifs is 1. The number of rotatable bonds is 2. The molecule has 0 saturated carbocycles. The second kappa shape index (κ2) is 5.31. The van der Waals surface area contributed by atoms with Crippen LogP contribution in [0.5, 0.6) is 0 Å². The summed E-state index contributed by atoms with van der Waals surface area (Å²) in [6.07, 6.45) is 1.69. The van der Waals surface area contributed by atoms with Crippen molar-refractivity contribution in [3.05, 3.63) is 47.4 Å². The van der Waals surface area contributed by atoms with Gasteiger partial charge in [0.1, 0.15) is 16.9 Å². The summed E-state index contributed by atoms with van der Waals surface area (Å²) >= 11 is 5.94. The Bertz CT molecular complexity index is 680. The Morgan fingerprint density at radius 3 is 2.86 bits per heavy atom. The van der Waals surface area contributed by atoms with Gasteiger partial charge in [-0.2, -0.15) is 5.06 Å². The average molecular weight is 305 g/mol. The van der Waals surface area contributed by atoms with Crippen molar-refractivity contribution in [3.63, 3.8) is 0 Å². The van der Waals surface area contributed by atoms with E-state index in [1.54, 1.807) is 24.1 Å². The van der Waals surface area contributed by atoms with Crippen LogP contribution in [0.3, 0.4) is 0 Å². The summed E-state index contributed by atoms with van der Waals surface area (Å²) in [6, 6.07) is 8.12. The number of carbonyl (C=O) groups is 1. The normalized spacial score (nSPS) is 17.9. The van der Waals surface area contributed by atoms with E-state index < -0.39 is 11.9 Å². The van der Waals surface area contributed by atoms with Crippen molar-refractivity contribution in [2.45, 2.75) is 19.5 Å². The van der Waals surface area contributed by atoms with Crippen molar-refractivity contribution in [1.29, 1.82) is 0 Å². The van der Waals surface area contributed by atoms with E-state index >= 15 is 0 Å². The van der Waals surface area contributed by atoms with Crippen LogP contribution in [0, 0.1) is 0 Å². The Morgan fingerprint density at radius 1 is 1.33 bits per heavy atom. The minimum absolute atomic E-state index is 0.301. The lowest BCUT2D eigenvalue weighted by Crippen LogP contribution is -2.51. The highest BCUT2D eigenvalue weighted by molar-refractivity contribution is 6.29. The molecule has 0 aromatic carbocycles. The zero-order valence-corrected chi connectivity index (χ0v) is 12.0. The molecule has 0 unspecified atom stereocenters. The number of halogens is 1. The second-order valence-electron chi connectivity index (χ2n) is 4.75. The number of pyridine rings is 2. The van der Waals surface area contributed by atoms with Crippen molar-refractivity contribution < 1.29 is 10.0 Å². The van der Waals surface area contributed by atoms with Crippen LogP contribution in [0.25, 0.3) is 0 Å². The Hall–Kier alpha value is -2.18. The van der Waals surface area contributed by atoms with Gasteiger partial charge in [0.15, 0.2) is 5.82 Å². The molecule has 21 heavy (non-hydrogen) atoms. The summed E-state index contributed by atoms with van der Waals surface area (Å²) in [5.41, 5.74) is 1.12. The highest BCUT2D eigenvalue weighted by Gasteiger charge is 2.36. The molecule has 6 nitrogen and oxygen atoms in total. The lowest BCUT2D eigenvalue weighted by atomic mass is 10.1. The molecule has 0 saturated heterocycles. The molecule has 1 N–H and O–H groups in total. The van der Waals surface area contributed by atoms with Crippen LogP contribution in [0.4, 0.5) is 11.5 Å². The number of amides is 1. The van der Waals surface area contributed by atoms with Gasteiger partial charge in [0.05, 0.1) is 12.2 Å². The summed E-state index contributed by atoms with van der Waals surface area (Å²) < 4.78 is 0. The van der Waals surface area contributed by atoms with Crippen molar-refractivity contribution in [2.75, 3.05) is 9.96 Å². The average Bonchev–Trinajstić information content (AvgIpc) is 2.50. The van der Waals surface area contributed by atoms with Gasteiger partial charge in [0.25, 0.3) is 5.91 Å². The minimum Gasteiger partial charge on any atom is -0.337 e. The van der Waals surface area contributed by atoms with Crippen LogP contribution in [-0.4, -0.2) is 27.1 Å². The Balaban J connectivity index is 2.05. The summed E-state index contributed by atoms with van der Waals surface area (Å²) in [4.78, 5) is 22.4. The lowest BCUT2D eigenvalue weighted by Gasteiger charge is -2.37. The largest absolute Gasteiger partial charge is 0.337 e. The van der Waals surface area contributed by atoms with E-state index in [0.29, 0.717) is 28.3 Å². The molecule has 0 radical (unpaired) electrons. The van der Waals surface area contributed by atoms with Gasteiger partial charge in [0.2, 0.25) is 0 Å². The predicted octanol–water partition coefficient (Wildman–Crippen LogP) is 2.26. The van der Waals surface area contributed by atoms with E-state index in [4.69, 9.17) is 11.6 Å². The first-order chi connectivity index (χ1) is 10.1. The van der Waals surface area contributed by atoms with E-state index in [9.17, 15) is 10.0 Å². The third kappa shape index (κ3) is 2.43. The van der Waals surface area contributed by atoms with Gasteiger partial charge >= 0.3 is 0 Å². The highest BCUT2D eigenvalue weighted by Crippen LogP contribution is 2.35. The van der Waals surface area contributed by atoms with Gasteiger partial charge in [-0.25, -0.2) is 4.98 Å². The summed E-state index contributed by atoms with van der Waals surface area (Å²) in [5.74, 6) is 0.0466. The molecule has 7 heteroatoms. The first-order valence-corrected chi connectivity index (χ1v) is 6.81. The van der Waals surface area contributed by atoms with E-state index in [1.165, 1.54) is 6.07 Å². The molecule has 108 valence electrons. The molecule has 0 bridgehead atoms. The molecular weight excluding hydrogens is 292 g/mol. The molecular formula is C14H13ClN4O2. The SMILES string of the molecule is C[C@H]1C(=O)N(O)c2ccc(Cl)nc2N1Cc1ccccn1. The lowest BCUT2D eigenvalue weighted by molar-refractivity contribution is -0.125. The van der Waals surface area contributed by atoms with Gasteiger partial charge in [-0.15, -0.1) is 0 Å². The molecule has 1 aliphatic rings. The minimum atomic E-state index is -0.560. The first kappa shape index (κ1) is 13.8. The Morgan fingerprint density at radius 2 is 2.14 bits per heavy atom. The number of anilines is 2. The zero-order valence-electron chi connectivity index (χ0n) is 11.3. The van der Waals surface area contributed by atoms with Crippen LogP contribution < -0.4 is 9.96 Å². The Labute approximate surface area is 126 Å². The molecule has 1 atom stereocenters. The maximum Gasteiger partial charge on any atom is 0.273 e. The van der Waals surface area contributed by atoms with Crippen molar-refractivity contribution >= 4 is 29.0 Å². The van der Waals surface area contributed by atoms with E-state index in [2.05, 4.69) is 9.97 Å². The van der Waals surface area contributed by atoms with E-state index in [0.717, 1.165) is 5.69 Å². The van der Waals surface area contributed by atoms with Gasteiger partial charge in [-0.05, 0) is 31.2 Å². The fourth-order valence-electron chi connectivity index (χ4n) is 2.29. The molecule has 3 rings (SSSR count). The maximum absolute atomic E-state index is 12.1. The topological polar surface area (TPSA) is 69.6 Å². The number of aromatic nitrogens is 2. The second-order valence-corrected chi connectivity index (χ2v) is 5.14. The Kier molecular flexibility index (Phi) is 3.48. The molecule has 0 fully saturated rings. The van der Waals surface area contributed by atoms with Crippen LogP contribution in [0.15, 0.2) is 36.5 Å². The summed E-state index contributed by atoms with van der Waals surface area (Å²) in [6.45, 7) is 2.11. The van der Waals surface area contributed by atoms with Gasteiger partial charge in [-0.3, -0.25) is 15.0 Å². The van der Waals surface area contributed by atoms with E-state index in [-0.39, 0.29) is 0 Å². The predicted molar refractivity (Wildman–Crippen MR) is 78.4 cm³/mol. The van der Waals surface area contributed by atoms with E-state index in [1.807, 2.05) is 18.2 Å². The zero-order chi connectivity index (χ0) is 15.0. The molecule has 2 aromatic rings. The molecule has 3 heterocycles. The molecule has 1 aliphatic heterocycles. The van der Waals surface area contributed by atoms with Crippen molar-refractivity contribution in [2.24, 2.45) is 0 Å². The standard InChI is InChI=1S/C14H13ClN4O2/c1-9-14(20)19(21)11-5-6-12(15)17-13(11)18(9)8-10-4-2-3-7-16-10/h2-7,9,21H,8H2,1H3/t9-/m0/s1. The third-order valence-corrected chi connectivity index (χ3v) is 3.62. The van der Waals surface area contributed by atoms with Gasteiger partial charge in [-0.1, -0.05) is 17.7 Å². The number of hydrogen-bond donors (Lipinski definition) is 1. The molecule has 1 amide bonds. The fourth-order valence-corrected chi connectivity index (χ4v) is 2.43. The van der Waals surface area contributed by atoms with Crippen LogP contribution in [-0.2, 0) is 11.3 Å². The smallest absolute Gasteiger partial charge is 0.273 e. The number of hydroxylamine groups is 1. The maximum atomic E-state index is 12.1. The van der Waals surface area contributed by atoms with Gasteiger partial charge < -0.3 is 4.90 Å². The number of carbonyl (C=O) groups excluding carboxylic acids is 1. The van der Waals surface area contributed by atoms with Crippen LogP contribution >= 0.6 is 11.6 Å². The van der Waals surface area contributed by atoms with Crippen molar-refractivity contribution in [3.8, 4) is 0 Å². The van der Waals surface area contributed by atoms with Crippen LogP contribution in [0.1, 0.15) is 12.6 Å².